The van der Waals surface area contributed by atoms with Crippen LogP contribution in [-0.4, -0.2) is 46.1 Å². The molecule has 64 heavy (non-hydrogen) atoms. The van der Waals surface area contributed by atoms with Gasteiger partial charge in [0.05, 0.1) is 31.3 Å². The van der Waals surface area contributed by atoms with Gasteiger partial charge in [0, 0.05) is 0 Å². The van der Waals surface area contributed by atoms with Crippen LogP contribution in [0.2, 0.25) is 0 Å². The number of allylic oxidation sites excluding steroid dienone is 5. The zero-order valence-corrected chi connectivity index (χ0v) is 43.2. The standard InChI is InChI=1S/C59H113NO4/c1-3-5-7-9-11-13-15-17-19-21-23-24-25-26-27-28-29-30-31-32-33-35-36-38-40-42-44-46-48-50-52-56(62)54-59(64)60-57(55-61)58(63)53-51-49-47-45-43-41-39-37-34-22-20-18-16-14-12-10-8-6-4-2/h26-27,43,45,51,53,56-58,61-63H,3-25,28-42,44,46-50,52,54-55H2,1-2H3,(H,60,64)/b27-26-,45-43+,53-51+. The molecule has 4 N–H and O–H groups in total. The van der Waals surface area contributed by atoms with Gasteiger partial charge in [-0.15, -0.1) is 0 Å². The first-order valence-electron chi connectivity index (χ1n) is 28.8. The summed E-state index contributed by atoms with van der Waals surface area (Å²) >= 11 is 0. The number of nitrogens with one attached hydrogen (secondary N) is 1. The van der Waals surface area contributed by atoms with Crippen LogP contribution in [0.3, 0.4) is 0 Å². The van der Waals surface area contributed by atoms with E-state index in [1.165, 1.54) is 250 Å². The second-order valence-corrected chi connectivity index (χ2v) is 19.9. The van der Waals surface area contributed by atoms with E-state index in [-0.39, 0.29) is 18.9 Å². The minimum atomic E-state index is -0.952. The zero-order valence-electron chi connectivity index (χ0n) is 43.2. The molecule has 1 amide bonds. The Morgan fingerprint density at radius 1 is 0.391 bits per heavy atom. The maximum atomic E-state index is 12.5. The monoisotopic (exact) mass is 900 g/mol. The number of unbranched alkanes of at least 4 members (excludes halogenated alkanes) is 40. The predicted octanol–water partition coefficient (Wildman–Crippen LogP) is 17.8. The molecule has 0 spiro atoms. The summed E-state index contributed by atoms with van der Waals surface area (Å²) in [6.07, 6.45) is 70.6. The third kappa shape index (κ3) is 50.0. The van der Waals surface area contributed by atoms with Gasteiger partial charge >= 0.3 is 0 Å². The molecule has 0 saturated carbocycles. The van der Waals surface area contributed by atoms with Gasteiger partial charge in [-0.1, -0.05) is 281 Å². The molecule has 0 aliphatic heterocycles. The van der Waals surface area contributed by atoms with Crippen molar-refractivity contribution in [2.75, 3.05) is 6.61 Å². The van der Waals surface area contributed by atoms with Crippen molar-refractivity contribution in [3.63, 3.8) is 0 Å². The fourth-order valence-electron chi connectivity index (χ4n) is 9.00. The smallest absolute Gasteiger partial charge is 0.222 e. The van der Waals surface area contributed by atoms with E-state index in [1.54, 1.807) is 6.08 Å². The van der Waals surface area contributed by atoms with E-state index in [0.29, 0.717) is 6.42 Å². The first kappa shape index (κ1) is 62.6. The minimum Gasteiger partial charge on any atom is -0.394 e. The van der Waals surface area contributed by atoms with Crippen LogP contribution in [0.25, 0.3) is 0 Å². The predicted molar refractivity (Wildman–Crippen MR) is 282 cm³/mol. The molecule has 0 bridgehead atoms. The lowest BCUT2D eigenvalue weighted by molar-refractivity contribution is -0.124. The Kier molecular flexibility index (Phi) is 53.0. The summed E-state index contributed by atoms with van der Waals surface area (Å²) in [7, 11) is 0. The highest BCUT2D eigenvalue weighted by Gasteiger charge is 2.20. The van der Waals surface area contributed by atoms with Crippen LogP contribution in [0, 0.1) is 0 Å². The van der Waals surface area contributed by atoms with E-state index in [9.17, 15) is 20.1 Å². The van der Waals surface area contributed by atoms with Crippen LogP contribution in [0.1, 0.15) is 309 Å². The Morgan fingerprint density at radius 2 is 0.672 bits per heavy atom. The third-order valence-corrected chi connectivity index (χ3v) is 13.4. The summed E-state index contributed by atoms with van der Waals surface area (Å²) in [5.74, 6) is -0.321. The number of rotatable bonds is 53. The Bertz CT molecular complexity index is 993. The molecule has 0 fully saturated rings. The molecule has 5 nitrogen and oxygen atoms in total. The maximum absolute atomic E-state index is 12.5. The van der Waals surface area contributed by atoms with E-state index < -0.39 is 18.2 Å². The largest absolute Gasteiger partial charge is 0.394 e. The second kappa shape index (κ2) is 54.2. The molecule has 0 radical (unpaired) electrons. The van der Waals surface area contributed by atoms with Crippen molar-refractivity contribution in [3.8, 4) is 0 Å². The molecule has 0 aliphatic rings. The van der Waals surface area contributed by atoms with E-state index >= 15 is 0 Å². The molecule has 0 rings (SSSR count). The number of amides is 1. The highest BCUT2D eigenvalue weighted by molar-refractivity contribution is 5.76. The van der Waals surface area contributed by atoms with Gasteiger partial charge in [-0.25, -0.2) is 0 Å². The highest BCUT2D eigenvalue weighted by atomic mass is 16.3. The van der Waals surface area contributed by atoms with Gasteiger partial charge in [-0.3, -0.25) is 4.79 Å². The number of aliphatic hydroxyl groups excluding tert-OH is 3. The van der Waals surface area contributed by atoms with Crippen molar-refractivity contribution < 1.29 is 20.1 Å². The third-order valence-electron chi connectivity index (χ3n) is 13.4. The molecule has 5 heteroatoms. The molecule has 378 valence electrons. The average molecular weight is 901 g/mol. The number of aliphatic hydroxyl groups is 3. The van der Waals surface area contributed by atoms with Gasteiger partial charge in [-0.05, 0) is 57.8 Å². The van der Waals surface area contributed by atoms with Crippen LogP contribution in [0.4, 0.5) is 0 Å². The molecule has 0 aromatic rings. The average Bonchev–Trinajstić information content (AvgIpc) is 3.29. The fraction of sp³-hybridized carbons (Fsp3) is 0.881. The molecule has 3 unspecified atom stereocenters. The van der Waals surface area contributed by atoms with Crippen molar-refractivity contribution >= 4 is 5.91 Å². The van der Waals surface area contributed by atoms with Crippen molar-refractivity contribution in [3.05, 3.63) is 36.5 Å². The SMILES string of the molecule is CCCCCCCCCCCCCC/C=C\CCCCCCCCCCCCCCCCC(O)CC(=O)NC(CO)C(O)/C=C/CC/C=C/CCCCCCCCCCCCCCC. The Balaban J connectivity index is 3.56. The van der Waals surface area contributed by atoms with Crippen LogP contribution in [0.5, 0.6) is 0 Å². The lowest BCUT2D eigenvalue weighted by Gasteiger charge is -2.21. The molecule has 0 aromatic carbocycles. The minimum absolute atomic E-state index is 0.00783. The zero-order chi connectivity index (χ0) is 46.5. The molecule has 0 saturated heterocycles. The van der Waals surface area contributed by atoms with Gasteiger partial charge in [0.25, 0.3) is 0 Å². The van der Waals surface area contributed by atoms with E-state index in [2.05, 4.69) is 43.5 Å². The van der Waals surface area contributed by atoms with Gasteiger partial charge in [0.2, 0.25) is 5.91 Å². The molecule has 0 aliphatic carbocycles. The normalized spacial score (nSPS) is 13.5. The Hall–Kier alpha value is -1.43. The molecular formula is C59H113NO4. The summed E-state index contributed by atoms with van der Waals surface area (Å²) in [6.45, 7) is 4.23. The summed E-state index contributed by atoms with van der Waals surface area (Å²) in [4.78, 5) is 12.5. The number of hydrogen-bond donors (Lipinski definition) is 4. The van der Waals surface area contributed by atoms with E-state index in [1.807, 2.05) is 6.08 Å². The van der Waals surface area contributed by atoms with Gasteiger partial charge < -0.3 is 20.6 Å². The Labute approximate surface area is 400 Å². The molecular weight excluding hydrogens is 787 g/mol. The fourth-order valence-corrected chi connectivity index (χ4v) is 9.00. The molecule has 3 atom stereocenters. The summed E-state index contributed by atoms with van der Waals surface area (Å²) in [5, 5.41) is 33.4. The van der Waals surface area contributed by atoms with E-state index in [0.717, 1.165) is 32.1 Å². The second-order valence-electron chi connectivity index (χ2n) is 19.9. The summed E-state index contributed by atoms with van der Waals surface area (Å²) < 4.78 is 0. The number of carbonyl (C=O) groups excluding carboxylic acids is 1. The number of carbonyl (C=O) groups is 1. The van der Waals surface area contributed by atoms with Crippen LogP contribution < -0.4 is 5.32 Å². The quantitative estimate of drug-likeness (QED) is 0.0362. The van der Waals surface area contributed by atoms with E-state index in [4.69, 9.17) is 0 Å². The highest BCUT2D eigenvalue weighted by Crippen LogP contribution is 2.17. The maximum Gasteiger partial charge on any atom is 0.222 e. The van der Waals surface area contributed by atoms with Gasteiger partial charge in [0.15, 0.2) is 0 Å². The van der Waals surface area contributed by atoms with Crippen LogP contribution >= 0.6 is 0 Å². The van der Waals surface area contributed by atoms with Crippen molar-refractivity contribution in [1.29, 1.82) is 0 Å². The van der Waals surface area contributed by atoms with Crippen molar-refractivity contribution in [2.24, 2.45) is 0 Å². The van der Waals surface area contributed by atoms with Crippen LogP contribution in [0.15, 0.2) is 36.5 Å². The van der Waals surface area contributed by atoms with Crippen molar-refractivity contribution in [2.45, 2.75) is 327 Å². The van der Waals surface area contributed by atoms with Gasteiger partial charge in [-0.2, -0.15) is 0 Å². The number of hydrogen-bond acceptors (Lipinski definition) is 4. The topological polar surface area (TPSA) is 89.8 Å². The summed E-state index contributed by atoms with van der Waals surface area (Å²) in [6, 6.07) is -0.761. The van der Waals surface area contributed by atoms with Crippen LogP contribution in [-0.2, 0) is 4.79 Å². The molecule has 0 heterocycles. The summed E-state index contributed by atoms with van der Waals surface area (Å²) in [5.41, 5.74) is 0. The lowest BCUT2D eigenvalue weighted by atomic mass is 10.0. The lowest BCUT2D eigenvalue weighted by Crippen LogP contribution is -2.45. The molecule has 0 aromatic heterocycles. The van der Waals surface area contributed by atoms with Crippen molar-refractivity contribution in [1.82, 2.24) is 5.32 Å². The first-order chi connectivity index (χ1) is 31.5. The first-order valence-corrected chi connectivity index (χ1v) is 28.8. The Morgan fingerprint density at radius 3 is 1.00 bits per heavy atom. The van der Waals surface area contributed by atoms with Gasteiger partial charge in [0.1, 0.15) is 0 Å².